The van der Waals surface area contributed by atoms with E-state index in [4.69, 9.17) is 12.2 Å². The molecule has 0 bridgehead atoms. The van der Waals surface area contributed by atoms with Crippen LogP contribution in [0.1, 0.15) is 26.3 Å². The van der Waals surface area contributed by atoms with Crippen LogP contribution in [0.25, 0.3) is 0 Å². The zero-order valence-corrected chi connectivity index (χ0v) is 14.7. The molecule has 5 nitrogen and oxygen atoms in total. The number of anilines is 1. The van der Waals surface area contributed by atoms with Gasteiger partial charge in [-0.25, -0.2) is 0 Å². The van der Waals surface area contributed by atoms with Crippen molar-refractivity contribution in [1.29, 1.82) is 0 Å². The van der Waals surface area contributed by atoms with E-state index in [2.05, 4.69) is 22.5 Å². The molecule has 128 valence electrons. The highest BCUT2D eigenvalue weighted by molar-refractivity contribution is 7.80. The van der Waals surface area contributed by atoms with Crippen molar-refractivity contribution in [3.05, 3.63) is 77.9 Å². The van der Waals surface area contributed by atoms with Crippen molar-refractivity contribution in [2.75, 3.05) is 11.9 Å². The third kappa shape index (κ3) is 4.99. The van der Waals surface area contributed by atoms with Gasteiger partial charge >= 0.3 is 0 Å². The number of rotatable bonds is 5. The number of amides is 2. The van der Waals surface area contributed by atoms with Gasteiger partial charge in [-0.3, -0.25) is 14.9 Å². The van der Waals surface area contributed by atoms with E-state index in [9.17, 15) is 9.59 Å². The first-order valence-corrected chi connectivity index (χ1v) is 8.10. The average molecular weight is 353 g/mol. The molecule has 0 fully saturated rings. The summed E-state index contributed by atoms with van der Waals surface area (Å²) in [5.41, 5.74) is 2.34. The van der Waals surface area contributed by atoms with Crippen molar-refractivity contribution in [2.24, 2.45) is 0 Å². The van der Waals surface area contributed by atoms with Crippen molar-refractivity contribution in [3.8, 4) is 0 Å². The van der Waals surface area contributed by atoms with E-state index in [1.54, 1.807) is 42.5 Å². The monoisotopic (exact) mass is 353 g/mol. The molecule has 2 rings (SSSR count). The SMILES string of the molecule is C=CCNC(=O)c1ccccc1NC(=S)NC(=O)c1ccccc1C. The van der Waals surface area contributed by atoms with Crippen LogP contribution in [0.15, 0.2) is 61.2 Å². The molecule has 2 aromatic rings. The van der Waals surface area contributed by atoms with Crippen LogP contribution in [0.4, 0.5) is 5.69 Å². The third-order valence-electron chi connectivity index (χ3n) is 3.44. The number of nitrogens with one attached hydrogen (secondary N) is 3. The second kappa shape index (κ2) is 8.75. The van der Waals surface area contributed by atoms with Gasteiger partial charge in [0.1, 0.15) is 0 Å². The smallest absolute Gasteiger partial charge is 0.257 e. The summed E-state index contributed by atoms with van der Waals surface area (Å²) in [6.07, 6.45) is 1.60. The van der Waals surface area contributed by atoms with E-state index >= 15 is 0 Å². The van der Waals surface area contributed by atoms with Crippen LogP contribution in [-0.2, 0) is 0 Å². The van der Waals surface area contributed by atoms with Gasteiger partial charge in [0.05, 0.1) is 11.3 Å². The van der Waals surface area contributed by atoms with Crippen LogP contribution < -0.4 is 16.0 Å². The van der Waals surface area contributed by atoms with Crippen molar-refractivity contribution in [3.63, 3.8) is 0 Å². The van der Waals surface area contributed by atoms with Gasteiger partial charge in [-0.05, 0) is 42.9 Å². The lowest BCUT2D eigenvalue weighted by Crippen LogP contribution is -2.35. The summed E-state index contributed by atoms with van der Waals surface area (Å²) in [5.74, 6) is -0.555. The number of para-hydroxylation sites is 1. The van der Waals surface area contributed by atoms with E-state index in [-0.39, 0.29) is 16.9 Å². The van der Waals surface area contributed by atoms with Gasteiger partial charge in [-0.1, -0.05) is 36.4 Å². The molecule has 0 spiro atoms. The third-order valence-corrected chi connectivity index (χ3v) is 3.65. The van der Waals surface area contributed by atoms with E-state index < -0.39 is 0 Å². The van der Waals surface area contributed by atoms with E-state index in [0.29, 0.717) is 23.4 Å². The number of aryl methyl sites for hydroxylation is 1. The zero-order valence-electron chi connectivity index (χ0n) is 13.8. The number of benzene rings is 2. The summed E-state index contributed by atoms with van der Waals surface area (Å²) in [5, 5.41) is 8.36. The maximum Gasteiger partial charge on any atom is 0.257 e. The molecule has 0 radical (unpaired) electrons. The van der Waals surface area contributed by atoms with Crippen LogP contribution in [-0.4, -0.2) is 23.5 Å². The standard InChI is InChI=1S/C19H19N3O2S/c1-3-12-20-17(23)15-10-6-7-11-16(15)21-19(25)22-18(24)14-9-5-4-8-13(14)2/h3-11H,1,12H2,2H3,(H,20,23)(H2,21,22,24,25). The Morgan fingerprint density at radius 1 is 1.04 bits per heavy atom. The molecule has 0 atom stereocenters. The molecule has 2 amide bonds. The maximum atomic E-state index is 12.3. The largest absolute Gasteiger partial charge is 0.349 e. The van der Waals surface area contributed by atoms with Gasteiger partial charge in [0.15, 0.2) is 5.11 Å². The summed E-state index contributed by atoms with van der Waals surface area (Å²) in [6.45, 7) is 5.78. The zero-order chi connectivity index (χ0) is 18.2. The molecular weight excluding hydrogens is 334 g/mol. The Morgan fingerprint density at radius 3 is 2.36 bits per heavy atom. The highest BCUT2D eigenvalue weighted by atomic mass is 32.1. The van der Waals surface area contributed by atoms with Crippen molar-refractivity contribution < 1.29 is 9.59 Å². The lowest BCUT2D eigenvalue weighted by Gasteiger charge is -2.13. The maximum absolute atomic E-state index is 12.3. The van der Waals surface area contributed by atoms with Crippen molar-refractivity contribution >= 4 is 34.8 Å². The minimum absolute atomic E-state index is 0.122. The minimum atomic E-state index is -0.302. The summed E-state index contributed by atoms with van der Waals surface area (Å²) < 4.78 is 0. The highest BCUT2D eigenvalue weighted by Gasteiger charge is 2.13. The fourth-order valence-electron chi connectivity index (χ4n) is 2.20. The molecule has 0 aromatic heterocycles. The minimum Gasteiger partial charge on any atom is -0.349 e. The van der Waals surface area contributed by atoms with Crippen LogP contribution in [0.2, 0.25) is 0 Å². The van der Waals surface area contributed by atoms with Crippen LogP contribution in [0.5, 0.6) is 0 Å². The normalized spacial score (nSPS) is 9.80. The van der Waals surface area contributed by atoms with E-state index in [1.807, 2.05) is 19.1 Å². The number of carbonyl (C=O) groups is 2. The van der Waals surface area contributed by atoms with E-state index in [1.165, 1.54) is 0 Å². The predicted octanol–water partition coefficient (Wildman–Crippen LogP) is 3.04. The first kappa shape index (κ1) is 18.4. The molecule has 3 N–H and O–H groups in total. The second-order valence-electron chi connectivity index (χ2n) is 5.27. The first-order chi connectivity index (χ1) is 12.0. The van der Waals surface area contributed by atoms with E-state index in [0.717, 1.165) is 5.56 Å². The molecule has 0 heterocycles. The molecule has 6 heteroatoms. The Balaban J connectivity index is 2.08. The first-order valence-electron chi connectivity index (χ1n) is 7.69. The van der Waals surface area contributed by atoms with Gasteiger partial charge in [-0.15, -0.1) is 6.58 Å². The van der Waals surface area contributed by atoms with Gasteiger partial charge in [0.2, 0.25) is 0 Å². The van der Waals surface area contributed by atoms with Gasteiger partial charge in [0.25, 0.3) is 11.8 Å². The van der Waals surface area contributed by atoms with Crippen LogP contribution >= 0.6 is 12.2 Å². The topological polar surface area (TPSA) is 70.2 Å². The fraction of sp³-hybridized carbons (Fsp3) is 0.105. The van der Waals surface area contributed by atoms with Gasteiger partial charge in [-0.2, -0.15) is 0 Å². The number of hydrogen-bond donors (Lipinski definition) is 3. The summed E-state index contributed by atoms with van der Waals surface area (Å²) in [4.78, 5) is 24.5. The number of hydrogen-bond acceptors (Lipinski definition) is 3. The number of carbonyl (C=O) groups excluding carboxylic acids is 2. The Kier molecular flexibility index (Phi) is 6.42. The lowest BCUT2D eigenvalue weighted by molar-refractivity contribution is 0.0956. The molecule has 0 aliphatic heterocycles. The Labute approximate surface area is 152 Å². The van der Waals surface area contributed by atoms with Crippen LogP contribution in [0, 0.1) is 6.92 Å². The van der Waals surface area contributed by atoms with Gasteiger partial charge < -0.3 is 10.6 Å². The van der Waals surface area contributed by atoms with Crippen LogP contribution in [0.3, 0.4) is 0 Å². The fourth-order valence-corrected chi connectivity index (χ4v) is 2.40. The Morgan fingerprint density at radius 2 is 1.68 bits per heavy atom. The molecular formula is C19H19N3O2S. The molecule has 0 saturated carbocycles. The van der Waals surface area contributed by atoms with Gasteiger partial charge in [0, 0.05) is 12.1 Å². The molecule has 25 heavy (non-hydrogen) atoms. The number of thiocarbonyl (C=S) groups is 1. The molecule has 0 aliphatic carbocycles. The highest BCUT2D eigenvalue weighted by Crippen LogP contribution is 2.15. The Hall–Kier alpha value is -2.99. The molecule has 0 aliphatic rings. The van der Waals surface area contributed by atoms with Crippen molar-refractivity contribution in [1.82, 2.24) is 10.6 Å². The predicted molar refractivity (Wildman–Crippen MR) is 104 cm³/mol. The van der Waals surface area contributed by atoms with Crippen molar-refractivity contribution in [2.45, 2.75) is 6.92 Å². The molecule has 0 unspecified atom stereocenters. The quantitative estimate of drug-likeness (QED) is 0.571. The summed E-state index contributed by atoms with van der Waals surface area (Å²) >= 11 is 5.20. The summed E-state index contributed by atoms with van der Waals surface area (Å²) in [7, 11) is 0. The second-order valence-corrected chi connectivity index (χ2v) is 5.68. The Bertz CT molecular complexity index is 818. The summed E-state index contributed by atoms with van der Waals surface area (Å²) in [6, 6.07) is 14.1. The average Bonchev–Trinajstić information content (AvgIpc) is 2.60. The molecule has 0 saturated heterocycles. The molecule has 2 aromatic carbocycles. The lowest BCUT2D eigenvalue weighted by atomic mass is 10.1.